The Morgan fingerprint density at radius 2 is 1.78 bits per heavy atom. The summed E-state index contributed by atoms with van der Waals surface area (Å²) in [5.74, 6) is -0.246. The first-order chi connectivity index (χ1) is 13.0. The van der Waals surface area contributed by atoms with E-state index in [4.69, 9.17) is 0 Å². The van der Waals surface area contributed by atoms with Crippen LogP contribution < -0.4 is 10.6 Å². The van der Waals surface area contributed by atoms with Crippen LogP contribution in [0.5, 0.6) is 0 Å². The number of nitrogens with zero attached hydrogens (tertiary/aromatic N) is 1. The Morgan fingerprint density at radius 1 is 1.07 bits per heavy atom. The minimum Gasteiger partial charge on any atom is -0.345 e. The predicted octanol–water partition coefficient (Wildman–Crippen LogP) is 3.46. The molecule has 1 saturated heterocycles. The highest BCUT2D eigenvalue weighted by atomic mass is 16.2. The Bertz CT molecular complexity index is 791. The van der Waals surface area contributed by atoms with Crippen LogP contribution in [-0.2, 0) is 4.79 Å². The predicted molar refractivity (Wildman–Crippen MR) is 108 cm³/mol. The topological polar surface area (TPSA) is 61.4 Å². The van der Waals surface area contributed by atoms with E-state index in [1.807, 2.05) is 56.4 Å². The highest BCUT2D eigenvalue weighted by molar-refractivity contribution is 6.04. The molecule has 2 aromatic carbocycles. The highest BCUT2D eigenvalue weighted by Gasteiger charge is 2.25. The number of para-hydroxylation sites is 1. The van der Waals surface area contributed by atoms with E-state index < -0.39 is 0 Å². The zero-order valence-corrected chi connectivity index (χ0v) is 15.9. The lowest BCUT2D eigenvalue weighted by Crippen LogP contribution is -2.38. The Balaban J connectivity index is 1.69. The second-order valence-electron chi connectivity index (χ2n) is 7.24. The van der Waals surface area contributed by atoms with Crippen LogP contribution in [0, 0.1) is 5.92 Å². The van der Waals surface area contributed by atoms with E-state index >= 15 is 0 Å². The van der Waals surface area contributed by atoms with Crippen molar-refractivity contribution in [3.8, 4) is 0 Å². The van der Waals surface area contributed by atoms with E-state index in [1.165, 1.54) is 0 Å². The van der Waals surface area contributed by atoms with E-state index in [2.05, 4.69) is 15.5 Å². The molecule has 0 aromatic heterocycles. The number of nitrogens with one attached hydrogen (secondary N) is 2. The van der Waals surface area contributed by atoms with Gasteiger partial charge < -0.3 is 15.5 Å². The first-order valence-corrected chi connectivity index (χ1v) is 9.49. The molecule has 142 valence electrons. The smallest absolute Gasteiger partial charge is 0.253 e. The third-order valence-electron chi connectivity index (χ3n) is 5.07. The van der Waals surface area contributed by atoms with Crippen molar-refractivity contribution in [2.24, 2.45) is 5.92 Å². The van der Waals surface area contributed by atoms with Gasteiger partial charge in [-0.25, -0.2) is 0 Å². The molecule has 0 unspecified atom stereocenters. The van der Waals surface area contributed by atoms with E-state index in [-0.39, 0.29) is 23.8 Å². The van der Waals surface area contributed by atoms with Gasteiger partial charge in [0.2, 0.25) is 5.91 Å². The number of hydrogen-bond donors (Lipinski definition) is 2. The van der Waals surface area contributed by atoms with Crippen LogP contribution in [0.25, 0.3) is 0 Å². The van der Waals surface area contributed by atoms with Crippen LogP contribution in [0.1, 0.15) is 41.7 Å². The molecule has 2 aromatic rings. The first kappa shape index (κ1) is 19.1. The minimum atomic E-state index is -0.192. The van der Waals surface area contributed by atoms with Gasteiger partial charge in [-0.3, -0.25) is 9.59 Å². The molecule has 1 heterocycles. The van der Waals surface area contributed by atoms with Gasteiger partial charge in [-0.1, -0.05) is 42.5 Å². The number of carbonyl (C=O) groups is 2. The Hall–Kier alpha value is -2.66. The van der Waals surface area contributed by atoms with E-state index in [9.17, 15) is 9.59 Å². The molecule has 0 bridgehead atoms. The maximum Gasteiger partial charge on any atom is 0.253 e. The maximum absolute atomic E-state index is 12.8. The van der Waals surface area contributed by atoms with Crippen molar-refractivity contribution >= 4 is 17.5 Å². The molecule has 27 heavy (non-hydrogen) atoms. The number of rotatable bonds is 5. The second kappa shape index (κ2) is 8.82. The molecule has 0 radical (unpaired) electrons. The fourth-order valence-corrected chi connectivity index (χ4v) is 3.50. The molecule has 2 amide bonds. The summed E-state index contributed by atoms with van der Waals surface area (Å²) >= 11 is 0. The van der Waals surface area contributed by atoms with Crippen molar-refractivity contribution in [2.45, 2.75) is 25.8 Å². The Labute approximate surface area is 160 Å². The molecule has 0 spiro atoms. The summed E-state index contributed by atoms with van der Waals surface area (Å²) in [7, 11) is 2.03. The minimum absolute atomic E-state index is 0.0158. The average molecular weight is 365 g/mol. The van der Waals surface area contributed by atoms with Crippen LogP contribution in [0.3, 0.4) is 0 Å². The lowest BCUT2D eigenvalue weighted by atomic mass is 9.97. The molecule has 0 saturated carbocycles. The van der Waals surface area contributed by atoms with Gasteiger partial charge >= 0.3 is 0 Å². The molecule has 3 rings (SSSR count). The molecule has 1 fully saturated rings. The van der Waals surface area contributed by atoms with Gasteiger partial charge in [0.15, 0.2) is 0 Å². The van der Waals surface area contributed by atoms with Crippen LogP contribution in [0.4, 0.5) is 5.69 Å². The number of benzene rings is 2. The monoisotopic (exact) mass is 365 g/mol. The van der Waals surface area contributed by atoms with Crippen molar-refractivity contribution in [2.75, 3.05) is 25.5 Å². The van der Waals surface area contributed by atoms with E-state index in [0.717, 1.165) is 31.5 Å². The van der Waals surface area contributed by atoms with Gasteiger partial charge in [-0.05, 0) is 51.1 Å². The van der Waals surface area contributed by atoms with Crippen LogP contribution in [0.15, 0.2) is 54.6 Å². The Morgan fingerprint density at radius 3 is 2.52 bits per heavy atom. The zero-order chi connectivity index (χ0) is 19.2. The number of amides is 2. The fourth-order valence-electron chi connectivity index (χ4n) is 3.50. The third-order valence-corrected chi connectivity index (χ3v) is 5.07. The average Bonchev–Trinajstić information content (AvgIpc) is 2.69. The molecule has 2 atom stereocenters. The fraction of sp³-hybridized carbons (Fsp3) is 0.364. The first-order valence-electron chi connectivity index (χ1n) is 9.49. The van der Waals surface area contributed by atoms with Crippen LogP contribution in [0.2, 0.25) is 0 Å². The summed E-state index contributed by atoms with van der Waals surface area (Å²) in [5.41, 5.74) is 2.09. The highest BCUT2D eigenvalue weighted by Crippen LogP contribution is 2.21. The van der Waals surface area contributed by atoms with Crippen LogP contribution in [-0.4, -0.2) is 36.9 Å². The van der Waals surface area contributed by atoms with Gasteiger partial charge in [-0.2, -0.15) is 0 Å². The summed E-state index contributed by atoms with van der Waals surface area (Å²) < 4.78 is 0. The molecule has 1 aliphatic rings. The number of likely N-dealkylation sites (tertiary alicyclic amines) is 1. The number of carbonyl (C=O) groups excluding carboxylic acids is 2. The molecular formula is C22H27N3O2. The number of piperidine rings is 1. The molecule has 2 N–H and O–H groups in total. The molecule has 1 aliphatic heterocycles. The summed E-state index contributed by atoms with van der Waals surface area (Å²) in [6, 6.07) is 16.9. The number of hydrogen-bond acceptors (Lipinski definition) is 3. The lowest BCUT2D eigenvalue weighted by molar-refractivity contribution is -0.121. The standard InChI is InChI=1S/C22H27N3O2/c1-16(17-9-4-3-5-10-17)23-22(27)19-12-6-7-13-20(19)24-21(26)18-11-8-14-25(2)15-18/h3-7,9-10,12-13,16,18H,8,11,14-15H2,1-2H3,(H,23,27)(H,24,26)/t16-,18+/m0/s1. The quantitative estimate of drug-likeness (QED) is 0.853. The molecular weight excluding hydrogens is 338 g/mol. The van der Waals surface area contributed by atoms with Crippen molar-refractivity contribution < 1.29 is 9.59 Å². The molecule has 0 aliphatic carbocycles. The number of anilines is 1. The molecule has 5 nitrogen and oxygen atoms in total. The van der Waals surface area contributed by atoms with Crippen molar-refractivity contribution in [3.63, 3.8) is 0 Å². The van der Waals surface area contributed by atoms with Gasteiger partial charge in [0.25, 0.3) is 5.91 Å². The van der Waals surface area contributed by atoms with Gasteiger partial charge in [0.05, 0.1) is 23.2 Å². The molecule has 5 heteroatoms. The maximum atomic E-state index is 12.8. The summed E-state index contributed by atoms with van der Waals surface area (Å²) in [4.78, 5) is 27.6. The SMILES string of the molecule is C[C@H](NC(=O)c1ccccc1NC(=O)[C@@H]1CCCN(C)C1)c1ccccc1. The van der Waals surface area contributed by atoms with Crippen molar-refractivity contribution in [3.05, 3.63) is 65.7 Å². The zero-order valence-electron chi connectivity index (χ0n) is 15.9. The van der Waals surface area contributed by atoms with E-state index in [1.54, 1.807) is 12.1 Å². The van der Waals surface area contributed by atoms with Crippen molar-refractivity contribution in [1.82, 2.24) is 10.2 Å². The van der Waals surface area contributed by atoms with Gasteiger partial charge in [0.1, 0.15) is 0 Å². The Kier molecular flexibility index (Phi) is 6.24. The van der Waals surface area contributed by atoms with E-state index in [0.29, 0.717) is 11.3 Å². The lowest BCUT2D eigenvalue weighted by Gasteiger charge is -2.29. The van der Waals surface area contributed by atoms with Crippen LogP contribution >= 0.6 is 0 Å². The third kappa shape index (κ3) is 4.95. The summed E-state index contributed by atoms with van der Waals surface area (Å²) in [5, 5.41) is 5.98. The summed E-state index contributed by atoms with van der Waals surface area (Å²) in [6.45, 7) is 3.73. The largest absolute Gasteiger partial charge is 0.345 e. The normalized spacial score (nSPS) is 18.5. The summed E-state index contributed by atoms with van der Waals surface area (Å²) in [6.07, 6.45) is 1.90. The second-order valence-corrected chi connectivity index (χ2v) is 7.24. The van der Waals surface area contributed by atoms with Crippen molar-refractivity contribution in [1.29, 1.82) is 0 Å². The van der Waals surface area contributed by atoms with Gasteiger partial charge in [-0.15, -0.1) is 0 Å². The van der Waals surface area contributed by atoms with Gasteiger partial charge in [0, 0.05) is 6.54 Å².